The van der Waals surface area contributed by atoms with E-state index in [-0.39, 0.29) is 23.5 Å². The fourth-order valence-corrected chi connectivity index (χ4v) is 3.19. The van der Waals surface area contributed by atoms with Gasteiger partial charge in [0.2, 0.25) is 5.91 Å². The molecule has 1 saturated heterocycles. The fourth-order valence-electron chi connectivity index (χ4n) is 1.56. The van der Waals surface area contributed by atoms with Crippen molar-refractivity contribution in [3.05, 3.63) is 0 Å². The maximum absolute atomic E-state index is 11.3. The number of rotatable bonds is 4. The minimum atomic E-state index is -2.84. The molecule has 0 aromatic heterocycles. The normalized spacial score (nSPS) is 21.1. The summed E-state index contributed by atoms with van der Waals surface area (Å²) in [5.41, 5.74) is 0. The Morgan fingerprint density at radius 1 is 1.33 bits per heavy atom. The first-order chi connectivity index (χ1) is 7.03. The van der Waals surface area contributed by atoms with E-state index in [1.165, 1.54) is 0 Å². The van der Waals surface area contributed by atoms with Crippen molar-refractivity contribution in [1.82, 2.24) is 5.32 Å². The van der Waals surface area contributed by atoms with Crippen LogP contribution >= 0.6 is 11.6 Å². The Morgan fingerprint density at radius 3 is 2.47 bits per heavy atom. The lowest BCUT2D eigenvalue weighted by Gasteiger charge is -2.22. The third-order valence-corrected chi connectivity index (χ3v) is 4.44. The summed E-state index contributed by atoms with van der Waals surface area (Å²) in [5.74, 6) is 0.827. The largest absolute Gasteiger partial charge is 0.353 e. The van der Waals surface area contributed by atoms with Gasteiger partial charge in [0, 0.05) is 18.3 Å². The first kappa shape index (κ1) is 12.8. The van der Waals surface area contributed by atoms with Crippen LogP contribution in [0.25, 0.3) is 0 Å². The molecule has 0 aliphatic carbocycles. The zero-order valence-electron chi connectivity index (χ0n) is 8.54. The van der Waals surface area contributed by atoms with Crippen LogP contribution in [-0.2, 0) is 14.6 Å². The lowest BCUT2D eigenvalue weighted by atomic mass is 10.1. The molecule has 6 heteroatoms. The van der Waals surface area contributed by atoms with E-state index in [0.29, 0.717) is 31.6 Å². The number of carbonyl (C=O) groups is 1. The van der Waals surface area contributed by atoms with Gasteiger partial charge in [-0.05, 0) is 19.3 Å². The van der Waals surface area contributed by atoms with Crippen molar-refractivity contribution >= 4 is 27.3 Å². The summed E-state index contributed by atoms with van der Waals surface area (Å²) < 4.78 is 22.2. The molecule has 1 heterocycles. The molecule has 0 bridgehead atoms. The van der Waals surface area contributed by atoms with Gasteiger partial charge in [0.25, 0.3) is 0 Å². The summed E-state index contributed by atoms with van der Waals surface area (Å²) in [4.78, 5) is 11.3. The third kappa shape index (κ3) is 4.84. The van der Waals surface area contributed by atoms with E-state index in [4.69, 9.17) is 11.6 Å². The molecule has 15 heavy (non-hydrogen) atoms. The highest BCUT2D eigenvalue weighted by Crippen LogP contribution is 2.12. The van der Waals surface area contributed by atoms with Crippen LogP contribution in [-0.4, -0.2) is 37.8 Å². The van der Waals surface area contributed by atoms with Gasteiger partial charge >= 0.3 is 0 Å². The van der Waals surface area contributed by atoms with Crippen LogP contribution < -0.4 is 5.32 Å². The van der Waals surface area contributed by atoms with E-state index < -0.39 is 9.84 Å². The molecule has 0 aromatic rings. The van der Waals surface area contributed by atoms with Crippen LogP contribution in [0.2, 0.25) is 0 Å². The Morgan fingerprint density at radius 2 is 1.93 bits per heavy atom. The molecular weight excluding hydrogens is 238 g/mol. The van der Waals surface area contributed by atoms with Crippen molar-refractivity contribution in [3.8, 4) is 0 Å². The fraction of sp³-hybridized carbons (Fsp3) is 0.889. The van der Waals surface area contributed by atoms with Crippen molar-refractivity contribution < 1.29 is 13.2 Å². The molecule has 1 rings (SSSR count). The summed E-state index contributed by atoms with van der Waals surface area (Å²) in [6.07, 6.45) is 2.16. The van der Waals surface area contributed by atoms with E-state index in [0.717, 1.165) is 0 Å². The van der Waals surface area contributed by atoms with E-state index >= 15 is 0 Å². The minimum absolute atomic E-state index is 0.0244. The quantitative estimate of drug-likeness (QED) is 0.751. The highest BCUT2D eigenvalue weighted by molar-refractivity contribution is 7.91. The topological polar surface area (TPSA) is 63.2 Å². The molecule has 88 valence electrons. The smallest absolute Gasteiger partial charge is 0.220 e. The van der Waals surface area contributed by atoms with E-state index in [1.54, 1.807) is 0 Å². The van der Waals surface area contributed by atoms with Crippen LogP contribution in [0.15, 0.2) is 0 Å². The molecule has 0 radical (unpaired) electrons. The van der Waals surface area contributed by atoms with Gasteiger partial charge in [0.1, 0.15) is 9.84 Å². The van der Waals surface area contributed by atoms with Gasteiger partial charge < -0.3 is 5.32 Å². The maximum atomic E-state index is 11.3. The summed E-state index contributed by atoms with van der Waals surface area (Å²) in [5, 5.41) is 2.83. The second-order valence-electron chi connectivity index (χ2n) is 3.79. The van der Waals surface area contributed by atoms with Crippen molar-refractivity contribution in [3.63, 3.8) is 0 Å². The van der Waals surface area contributed by atoms with Crippen molar-refractivity contribution in [2.75, 3.05) is 17.4 Å². The average Bonchev–Trinajstić information content (AvgIpc) is 2.18. The zero-order chi connectivity index (χ0) is 11.3. The molecule has 1 N–H and O–H groups in total. The van der Waals surface area contributed by atoms with Gasteiger partial charge in [0.15, 0.2) is 0 Å². The van der Waals surface area contributed by atoms with Gasteiger partial charge in [0.05, 0.1) is 11.5 Å². The summed E-state index contributed by atoms with van der Waals surface area (Å²) in [7, 11) is -2.84. The molecule has 1 aliphatic heterocycles. The minimum Gasteiger partial charge on any atom is -0.353 e. The third-order valence-electron chi connectivity index (χ3n) is 2.46. The maximum Gasteiger partial charge on any atom is 0.220 e. The lowest BCUT2D eigenvalue weighted by Crippen LogP contribution is -2.40. The number of hydrogen-bond acceptors (Lipinski definition) is 3. The standard InChI is InChI=1S/C9H16ClNO3S/c10-5-1-2-9(12)11-8-3-6-15(13,14)7-4-8/h8H,1-7H2,(H,11,12). The molecule has 1 fully saturated rings. The Bertz CT molecular complexity index is 301. The van der Waals surface area contributed by atoms with Crippen LogP contribution in [0, 0.1) is 0 Å². The van der Waals surface area contributed by atoms with Crippen molar-refractivity contribution in [2.24, 2.45) is 0 Å². The Labute approximate surface area is 95.3 Å². The molecule has 0 spiro atoms. The first-order valence-electron chi connectivity index (χ1n) is 5.09. The highest BCUT2D eigenvalue weighted by atomic mass is 35.5. The molecule has 4 nitrogen and oxygen atoms in total. The van der Waals surface area contributed by atoms with E-state index in [2.05, 4.69) is 5.32 Å². The van der Waals surface area contributed by atoms with Gasteiger partial charge in [-0.3, -0.25) is 4.79 Å². The van der Waals surface area contributed by atoms with Crippen molar-refractivity contribution in [2.45, 2.75) is 31.7 Å². The number of halogens is 1. The highest BCUT2D eigenvalue weighted by Gasteiger charge is 2.24. The predicted octanol–water partition coefficient (Wildman–Crippen LogP) is 0.699. The number of carbonyl (C=O) groups excluding carboxylic acids is 1. The van der Waals surface area contributed by atoms with Gasteiger partial charge in [-0.15, -0.1) is 11.6 Å². The summed E-state index contributed by atoms with van der Waals surface area (Å²) >= 11 is 5.47. The molecule has 1 amide bonds. The number of sulfone groups is 1. The molecule has 0 aromatic carbocycles. The SMILES string of the molecule is O=C(CCCCl)NC1CCS(=O)(=O)CC1. The van der Waals surface area contributed by atoms with Crippen LogP contribution in [0.5, 0.6) is 0 Å². The van der Waals surface area contributed by atoms with E-state index in [9.17, 15) is 13.2 Å². The average molecular weight is 254 g/mol. The second-order valence-corrected chi connectivity index (χ2v) is 6.47. The molecular formula is C9H16ClNO3S. The molecule has 0 saturated carbocycles. The first-order valence-corrected chi connectivity index (χ1v) is 7.45. The Kier molecular flexibility index (Phi) is 4.86. The second kappa shape index (κ2) is 5.70. The number of amides is 1. The van der Waals surface area contributed by atoms with Gasteiger partial charge in [-0.1, -0.05) is 0 Å². The molecule has 0 atom stereocenters. The number of hydrogen-bond donors (Lipinski definition) is 1. The molecule has 1 aliphatic rings. The van der Waals surface area contributed by atoms with Gasteiger partial charge in [-0.2, -0.15) is 0 Å². The Balaban J connectivity index is 2.26. The monoisotopic (exact) mass is 253 g/mol. The molecule has 0 unspecified atom stereocenters. The summed E-state index contributed by atoms with van der Waals surface area (Å²) in [6, 6.07) is 0.0244. The Hall–Kier alpha value is -0.290. The lowest BCUT2D eigenvalue weighted by molar-refractivity contribution is -0.121. The van der Waals surface area contributed by atoms with Gasteiger partial charge in [-0.25, -0.2) is 8.42 Å². The van der Waals surface area contributed by atoms with Crippen LogP contribution in [0.1, 0.15) is 25.7 Å². The zero-order valence-corrected chi connectivity index (χ0v) is 10.1. The predicted molar refractivity (Wildman–Crippen MR) is 59.8 cm³/mol. The van der Waals surface area contributed by atoms with E-state index in [1.807, 2.05) is 0 Å². The van der Waals surface area contributed by atoms with Crippen molar-refractivity contribution in [1.29, 1.82) is 0 Å². The number of alkyl halides is 1. The van der Waals surface area contributed by atoms with Crippen LogP contribution in [0.3, 0.4) is 0 Å². The van der Waals surface area contributed by atoms with Crippen LogP contribution in [0.4, 0.5) is 0 Å². The number of nitrogens with one attached hydrogen (secondary N) is 1. The summed E-state index contributed by atoms with van der Waals surface area (Å²) in [6.45, 7) is 0.